The van der Waals surface area contributed by atoms with E-state index in [0.29, 0.717) is 11.5 Å². The van der Waals surface area contributed by atoms with Gasteiger partial charge >= 0.3 is 0 Å². The van der Waals surface area contributed by atoms with Gasteiger partial charge in [0.15, 0.2) is 0 Å². The maximum absolute atomic E-state index is 5.83. The molecule has 0 spiro atoms. The van der Waals surface area contributed by atoms with E-state index >= 15 is 0 Å². The Morgan fingerprint density at radius 3 is 2.73 bits per heavy atom. The first-order chi connectivity index (χ1) is 6.92. The van der Waals surface area contributed by atoms with Crippen molar-refractivity contribution in [1.82, 2.24) is 0 Å². The molecule has 0 radical (unpaired) electrons. The van der Waals surface area contributed by atoms with E-state index in [1.807, 2.05) is 0 Å². The van der Waals surface area contributed by atoms with Crippen LogP contribution in [0.3, 0.4) is 0 Å². The fourth-order valence-corrected chi connectivity index (χ4v) is 3.87. The Morgan fingerprint density at radius 2 is 2.07 bits per heavy atom. The van der Waals surface area contributed by atoms with E-state index in [2.05, 4.69) is 27.4 Å². The summed E-state index contributed by atoms with van der Waals surface area (Å²) in [5.41, 5.74) is 2.22. The smallest absolute Gasteiger partial charge is 0.0923 e. The summed E-state index contributed by atoms with van der Waals surface area (Å²) in [5, 5.41) is 0. The van der Waals surface area contributed by atoms with Crippen molar-refractivity contribution in [3.63, 3.8) is 0 Å². The molecule has 3 fully saturated rings. The molecule has 1 heteroatoms. The molecule has 2 saturated carbocycles. The van der Waals surface area contributed by atoms with E-state index in [-0.39, 0.29) is 5.60 Å². The Kier molecular flexibility index (Phi) is 1.77. The molecular formula is C14H22O. The van der Waals surface area contributed by atoms with Gasteiger partial charge in [-0.05, 0) is 49.9 Å². The second kappa shape index (κ2) is 2.68. The maximum Gasteiger partial charge on any atom is 0.0923 e. The lowest BCUT2D eigenvalue weighted by molar-refractivity contribution is -0.00326. The lowest BCUT2D eigenvalue weighted by atomic mass is 9.51. The van der Waals surface area contributed by atoms with E-state index < -0.39 is 0 Å². The van der Waals surface area contributed by atoms with Crippen LogP contribution in [0.15, 0.2) is 12.2 Å². The molecule has 1 heterocycles. The van der Waals surface area contributed by atoms with Crippen molar-refractivity contribution in [3.8, 4) is 0 Å². The number of ether oxygens (including phenoxy) is 1. The SMILES string of the molecule is C=C1C[C@H]2O[C@]2(C)CC[C@@H]2[C@@H]1CC2(C)C. The molecule has 1 aliphatic heterocycles. The fraction of sp³-hybridized carbons (Fsp3) is 0.857. The Balaban J connectivity index is 1.80. The van der Waals surface area contributed by atoms with Crippen molar-refractivity contribution < 1.29 is 4.74 Å². The van der Waals surface area contributed by atoms with Gasteiger partial charge in [-0.3, -0.25) is 0 Å². The average Bonchev–Trinajstić information content (AvgIpc) is 2.71. The molecule has 0 amide bonds. The largest absolute Gasteiger partial charge is 0.366 e. The van der Waals surface area contributed by atoms with Crippen LogP contribution in [0.5, 0.6) is 0 Å². The maximum atomic E-state index is 5.83. The third-order valence-electron chi connectivity index (χ3n) is 5.19. The van der Waals surface area contributed by atoms with Crippen LogP contribution in [-0.2, 0) is 4.74 Å². The highest BCUT2D eigenvalue weighted by Crippen LogP contribution is 2.60. The van der Waals surface area contributed by atoms with Gasteiger partial charge in [0.25, 0.3) is 0 Å². The molecule has 0 aromatic heterocycles. The van der Waals surface area contributed by atoms with Crippen LogP contribution in [-0.4, -0.2) is 11.7 Å². The van der Waals surface area contributed by atoms with Gasteiger partial charge < -0.3 is 4.74 Å². The van der Waals surface area contributed by atoms with Gasteiger partial charge in [-0.1, -0.05) is 26.0 Å². The minimum absolute atomic E-state index is 0.208. The number of epoxide rings is 1. The van der Waals surface area contributed by atoms with Crippen LogP contribution in [0.2, 0.25) is 0 Å². The summed E-state index contributed by atoms with van der Waals surface area (Å²) in [4.78, 5) is 0. The van der Waals surface area contributed by atoms with Gasteiger partial charge in [-0.25, -0.2) is 0 Å². The van der Waals surface area contributed by atoms with Crippen LogP contribution in [0.25, 0.3) is 0 Å². The van der Waals surface area contributed by atoms with Crippen molar-refractivity contribution in [2.75, 3.05) is 0 Å². The Morgan fingerprint density at radius 1 is 1.33 bits per heavy atom. The summed E-state index contributed by atoms with van der Waals surface area (Å²) >= 11 is 0. The molecule has 1 saturated heterocycles. The third-order valence-corrected chi connectivity index (χ3v) is 5.19. The molecule has 3 aliphatic rings. The van der Waals surface area contributed by atoms with Crippen LogP contribution in [0.4, 0.5) is 0 Å². The van der Waals surface area contributed by atoms with Gasteiger partial charge in [0, 0.05) is 0 Å². The normalized spacial score (nSPS) is 51.9. The minimum Gasteiger partial charge on any atom is -0.366 e. The number of hydrogen-bond donors (Lipinski definition) is 0. The van der Waals surface area contributed by atoms with Gasteiger partial charge in [-0.2, -0.15) is 0 Å². The zero-order valence-corrected chi connectivity index (χ0v) is 10.2. The molecule has 3 rings (SSSR count). The standard InChI is InChI=1S/C14H22O/c1-9-7-12-14(4,15-12)6-5-11-10(9)8-13(11,2)3/h10-12H,1,5-8H2,2-4H3/t10-,11-,12-,14-/m1/s1. The van der Waals surface area contributed by atoms with Gasteiger partial charge in [0.05, 0.1) is 11.7 Å². The molecule has 0 unspecified atom stereocenters. The lowest BCUT2D eigenvalue weighted by Gasteiger charge is -2.53. The predicted molar refractivity (Wildman–Crippen MR) is 61.6 cm³/mol. The Labute approximate surface area is 92.9 Å². The number of rotatable bonds is 0. The van der Waals surface area contributed by atoms with Crippen molar-refractivity contribution in [2.24, 2.45) is 17.3 Å². The van der Waals surface area contributed by atoms with Crippen molar-refractivity contribution >= 4 is 0 Å². The fourth-order valence-electron chi connectivity index (χ4n) is 3.87. The molecule has 15 heavy (non-hydrogen) atoms. The first kappa shape index (κ1) is 9.89. The van der Waals surface area contributed by atoms with Crippen molar-refractivity contribution in [1.29, 1.82) is 0 Å². The topological polar surface area (TPSA) is 12.5 Å². The van der Waals surface area contributed by atoms with Gasteiger partial charge in [0.1, 0.15) is 0 Å². The van der Waals surface area contributed by atoms with Crippen LogP contribution >= 0.6 is 0 Å². The van der Waals surface area contributed by atoms with E-state index in [9.17, 15) is 0 Å². The highest BCUT2D eigenvalue weighted by molar-refractivity contribution is 5.19. The summed E-state index contributed by atoms with van der Waals surface area (Å²) in [6, 6.07) is 0. The summed E-state index contributed by atoms with van der Waals surface area (Å²) < 4.78 is 5.83. The molecule has 2 aliphatic carbocycles. The molecule has 0 N–H and O–H groups in total. The highest BCUT2D eigenvalue weighted by atomic mass is 16.6. The van der Waals surface area contributed by atoms with Gasteiger partial charge in [0.2, 0.25) is 0 Å². The van der Waals surface area contributed by atoms with E-state index in [1.54, 1.807) is 0 Å². The van der Waals surface area contributed by atoms with Crippen LogP contribution in [0.1, 0.15) is 46.5 Å². The van der Waals surface area contributed by atoms with Crippen molar-refractivity contribution in [2.45, 2.75) is 58.2 Å². The Bertz CT molecular complexity index is 317. The second-order valence-corrected chi connectivity index (χ2v) is 6.73. The number of hydrogen-bond acceptors (Lipinski definition) is 1. The first-order valence-corrected chi connectivity index (χ1v) is 6.28. The summed E-state index contributed by atoms with van der Waals surface area (Å²) in [7, 11) is 0. The first-order valence-electron chi connectivity index (χ1n) is 6.28. The summed E-state index contributed by atoms with van der Waals surface area (Å²) in [5.74, 6) is 1.67. The number of fused-ring (bicyclic) bond motifs is 2. The average molecular weight is 206 g/mol. The molecule has 0 aromatic carbocycles. The van der Waals surface area contributed by atoms with Crippen LogP contribution < -0.4 is 0 Å². The summed E-state index contributed by atoms with van der Waals surface area (Å²) in [6.07, 6.45) is 5.56. The molecule has 0 bridgehead atoms. The highest BCUT2D eigenvalue weighted by Gasteiger charge is 2.57. The van der Waals surface area contributed by atoms with E-state index in [0.717, 1.165) is 18.3 Å². The van der Waals surface area contributed by atoms with E-state index in [4.69, 9.17) is 4.74 Å². The zero-order chi connectivity index (χ0) is 10.8. The molecule has 4 atom stereocenters. The molecule has 0 aromatic rings. The predicted octanol–water partition coefficient (Wildman–Crippen LogP) is 3.55. The quantitative estimate of drug-likeness (QED) is 0.436. The third kappa shape index (κ3) is 1.32. The monoisotopic (exact) mass is 206 g/mol. The zero-order valence-electron chi connectivity index (χ0n) is 10.2. The molecule has 1 nitrogen and oxygen atoms in total. The van der Waals surface area contributed by atoms with Crippen molar-refractivity contribution in [3.05, 3.63) is 12.2 Å². The van der Waals surface area contributed by atoms with Gasteiger partial charge in [-0.15, -0.1) is 0 Å². The molecular weight excluding hydrogens is 184 g/mol. The lowest BCUT2D eigenvalue weighted by Crippen LogP contribution is -2.46. The Hall–Kier alpha value is -0.300. The summed E-state index contributed by atoms with van der Waals surface area (Å²) in [6.45, 7) is 11.4. The minimum atomic E-state index is 0.208. The molecule has 84 valence electrons. The van der Waals surface area contributed by atoms with Crippen LogP contribution in [0, 0.1) is 17.3 Å². The van der Waals surface area contributed by atoms with E-state index in [1.165, 1.54) is 24.8 Å². The second-order valence-electron chi connectivity index (χ2n) is 6.73.